The zero-order valence-corrected chi connectivity index (χ0v) is 22.8. The van der Waals surface area contributed by atoms with Crippen molar-refractivity contribution in [3.8, 4) is 5.75 Å². The summed E-state index contributed by atoms with van der Waals surface area (Å²) in [6, 6.07) is 18.6. The van der Waals surface area contributed by atoms with E-state index in [-0.39, 0.29) is 27.9 Å². The molecule has 41 heavy (non-hydrogen) atoms. The van der Waals surface area contributed by atoms with Crippen LogP contribution in [-0.4, -0.2) is 39.3 Å². The molecule has 206 valence electrons. The maximum absolute atomic E-state index is 13.4. The van der Waals surface area contributed by atoms with Crippen LogP contribution in [0.3, 0.4) is 0 Å². The Labute approximate surface area is 240 Å². The number of pyridine rings is 1. The number of aliphatic hydroxyl groups is 1. The number of rotatable bonds is 9. The average molecular weight is 568 g/mol. The number of thiazole rings is 1. The number of nitrogens with zero attached hydrogens (tertiary/aromatic N) is 3. The molecule has 1 saturated heterocycles. The van der Waals surface area contributed by atoms with Gasteiger partial charge in [-0.15, -0.1) is 0 Å². The van der Waals surface area contributed by atoms with Crippen molar-refractivity contribution >= 4 is 39.9 Å². The second-order valence-corrected chi connectivity index (χ2v) is 10.0. The molecule has 5 rings (SSSR count). The Balaban J connectivity index is 1.51. The van der Waals surface area contributed by atoms with Gasteiger partial charge >= 0.3 is 11.9 Å². The number of hydrogen-bond donors (Lipinski definition) is 1. The quantitative estimate of drug-likeness (QED) is 0.0940. The molecule has 2 aromatic heterocycles. The molecule has 4 aromatic rings. The minimum atomic E-state index is -1.00. The van der Waals surface area contributed by atoms with Gasteiger partial charge in [-0.3, -0.25) is 19.5 Å². The van der Waals surface area contributed by atoms with Gasteiger partial charge in [-0.2, -0.15) is 0 Å². The zero-order valence-electron chi connectivity index (χ0n) is 22.0. The molecule has 0 aliphatic carbocycles. The van der Waals surface area contributed by atoms with Gasteiger partial charge in [0.15, 0.2) is 5.13 Å². The Kier molecular flexibility index (Phi) is 8.02. The number of hydrogen-bond acceptors (Lipinski definition) is 9. The second kappa shape index (κ2) is 12.0. The van der Waals surface area contributed by atoms with Gasteiger partial charge in [0.25, 0.3) is 5.78 Å². The van der Waals surface area contributed by atoms with Gasteiger partial charge in [-0.25, -0.2) is 9.78 Å². The summed E-state index contributed by atoms with van der Waals surface area (Å²) in [5, 5.41) is 11.5. The number of aromatic nitrogens is 2. The normalized spacial score (nSPS) is 16.0. The van der Waals surface area contributed by atoms with E-state index in [1.54, 1.807) is 43.3 Å². The van der Waals surface area contributed by atoms with Crippen LogP contribution in [0.15, 0.2) is 97.4 Å². The summed E-state index contributed by atoms with van der Waals surface area (Å²) in [5.41, 5.74) is 2.11. The lowest BCUT2D eigenvalue weighted by Crippen LogP contribution is -2.29. The van der Waals surface area contributed by atoms with Crippen LogP contribution in [0, 0.1) is 6.92 Å². The Hall–Kier alpha value is -5.09. The molecule has 3 heterocycles. The van der Waals surface area contributed by atoms with Crippen LogP contribution in [0.4, 0.5) is 5.13 Å². The molecular formula is C31H25N3O6S. The summed E-state index contributed by atoms with van der Waals surface area (Å²) in [7, 11) is 0. The third-order valence-electron chi connectivity index (χ3n) is 6.35. The molecule has 2 aromatic carbocycles. The molecule has 0 spiro atoms. The maximum Gasteiger partial charge on any atom is 0.350 e. The lowest BCUT2D eigenvalue weighted by Gasteiger charge is -2.22. The summed E-state index contributed by atoms with van der Waals surface area (Å²) < 4.78 is 11.0. The molecule has 1 amide bonds. The van der Waals surface area contributed by atoms with Crippen LogP contribution in [0.1, 0.15) is 38.1 Å². The highest BCUT2D eigenvalue weighted by Crippen LogP contribution is 2.43. The van der Waals surface area contributed by atoms with E-state index in [9.17, 15) is 19.5 Å². The summed E-state index contributed by atoms with van der Waals surface area (Å²) in [4.78, 5) is 49.2. The summed E-state index contributed by atoms with van der Waals surface area (Å²) in [6.45, 7) is 5.54. The number of amides is 1. The first-order valence-electron chi connectivity index (χ1n) is 12.6. The topological polar surface area (TPSA) is 119 Å². The highest BCUT2D eigenvalue weighted by Gasteiger charge is 2.48. The third-order valence-corrected chi connectivity index (χ3v) is 7.49. The first-order valence-corrected chi connectivity index (χ1v) is 13.4. The van der Waals surface area contributed by atoms with E-state index in [1.807, 2.05) is 30.3 Å². The number of carbonyl (C=O) groups excluding carboxylic acids is 3. The van der Waals surface area contributed by atoms with Gasteiger partial charge in [0.1, 0.15) is 29.6 Å². The smallest absolute Gasteiger partial charge is 0.350 e. The lowest BCUT2D eigenvalue weighted by atomic mass is 9.96. The highest BCUT2D eigenvalue weighted by molar-refractivity contribution is 7.17. The van der Waals surface area contributed by atoms with Crippen molar-refractivity contribution in [2.24, 2.45) is 0 Å². The molecular weight excluding hydrogens is 542 g/mol. The number of aliphatic hydroxyl groups excluding tert-OH is 1. The monoisotopic (exact) mass is 567 g/mol. The number of ether oxygens (including phenoxy) is 2. The minimum absolute atomic E-state index is 0.0170. The third kappa shape index (κ3) is 5.64. The molecule has 0 saturated carbocycles. The van der Waals surface area contributed by atoms with E-state index in [1.165, 1.54) is 23.4 Å². The van der Waals surface area contributed by atoms with E-state index >= 15 is 0 Å². The molecule has 1 fully saturated rings. The standard InChI is InChI=1S/C31H25N3O6S/c1-3-17-39-30(38)28-19(2)33-31(41-28)34-25(21-13-15-32-16-14-21)24(27(36)29(34)37)26(35)22-9-11-23(12-10-22)40-18-20-7-5-4-6-8-20/h3-16,25,35H,1,17-18H2,2H3/b26-24+. The van der Waals surface area contributed by atoms with E-state index in [0.717, 1.165) is 16.9 Å². The SMILES string of the molecule is C=CCOC(=O)c1sc(N2C(=O)C(=O)/C(=C(/O)c3ccc(OCc4ccccc4)cc3)C2c2ccncc2)nc1C. The number of anilines is 1. The molecule has 1 unspecified atom stereocenters. The Morgan fingerprint density at radius 2 is 1.78 bits per heavy atom. The van der Waals surface area contributed by atoms with Crippen LogP contribution >= 0.6 is 11.3 Å². The fourth-order valence-corrected chi connectivity index (χ4v) is 5.36. The highest BCUT2D eigenvalue weighted by atomic mass is 32.1. The van der Waals surface area contributed by atoms with E-state index in [2.05, 4.69) is 16.5 Å². The molecule has 0 bridgehead atoms. The molecule has 1 atom stereocenters. The maximum atomic E-state index is 13.4. The predicted molar refractivity (Wildman–Crippen MR) is 154 cm³/mol. The molecule has 0 radical (unpaired) electrons. The zero-order chi connectivity index (χ0) is 28.9. The van der Waals surface area contributed by atoms with Crippen LogP contribution in [0.25, 0.3) is 5.76 Å². The molecule has 10 heteroatoms. The minimum Gasteiger partial charge on any atom is -0.507 e. The van der Waals surface area contributed by atoms with Crippen LogP contribution < -0.4 is 9.64 Å². The van der Waals surface area contributed by atoms with Crippen molar-refractivity contribution in [1.29, 1.82) is 0 Å². The Bertz CT molecular complexity index is 1630. The van der Waals surface area contributed by atoms with Crippen molar-refractivity contribution in [3.05, 3.63) is 125 Å². The fourth-order valence-electron chi connectivity index (χ4n) is 4.37. The van der Waals surface area contributed by atoms with Crippen molar-refractivity contribution in [2.45, 2.75) is 19.6 Å². The van der Waals surface area contributed by atoms with Crippen LogP contribution in [-0.2, 0) is 20.9 Å². The fraction of sp³-hybridized carbons (Fsp3) is 0.129. The van der Waals surface area contributed by atoms with Gasteiger partial charge in [-0.1, -0.05) is 54.3 Å². The molecule has 1 aliphatic heterocycles. The number of benzene rings is 2. The summed E-state index contributed by atoms with van der Waals surface area (Å²) in [5.74, 6) is -2.14. The van der Waals surface area contributed by atoms with E-state index in [4.69, 9.17) is 9.47 Å². The van der Waals surface area contributed by atoms with Gasteiger partial charge in [0.05, 0.1) is 17.3 Å². The van der Waals surface area contributed by atoms with Crippen LogP contribution in [0.2, 0.25) is 0 Å². The largest absolute Gasteiger partial charge is 0.507 e. The van der Waals surface area contributed by atoms with Crippen LogP contribution in [0.5, 0.6) is 5.75 Å². The number of aryl methyl sites for hydroxylation is 1. The first-order chi connectivity index (χ1) is 19.9. The number of ketones is 1. The van der Waals surface area contributed by atoms with Crippen molar-refractivity contribution in [2.75, 3.05) is 11.5 Å². The molecule has 1 N–H and O–H groups in total. The average Bonchev–Trinajstić information content (AvgIpc) is 3.51. The summed E-state index contributed by atoms with van der Waals surface area (Å²) >= 11 is 0.931. The molecule has 1 aliphatic rings. The van der Waals surface area contributed by atoms with Crippen molar-refractivity contribution in [3.63, 3.8) is 0 Å². The van der Waals surface area contributed by atoms with Crippen molar-refractivity contribution in [1.82, 2.24) is 9.97 Å². The van der Waals surface area contributed by atoms with E-state index in [0.29, 0.717) is 29.2 Å². The molecule has 9 nitrogen and oxygen atoms in total. The number of carbonyl (C=O) groups is 3. The number of Topliss-reactive ketones (excluding diaryl/α,β-unsaturated/α-hetero) is 1. The van der Waals surface area contributed by atoms with Gasteiger partial charge in [0.2, 0.25) is 0 Å². The first kappa shape index (κ1) is 27.5. The predicted octanol–water partition coefficient (Wildman–Crippen LogP) is 5.39. The van der Waals surface area contributed by atoms with E-state index < -0.39 is 23.7 Å². The van der Waals surface area contributed by atoms with Gasteiger partial charge in [-0.05, 0) is 54.4 Å². The lowest BCUT2D eigenvalue weighted by molar-refractivity contribution is -0.132. The second-order valence-electron chi connectivity index (χ2n) is 9.05. The van der Waals surface area contributed by atoms with Crippen molar-refractivity contribution < 1.29 is 29.0 Å². The number of esters is 1. The summed E-state index contributed by atoms with van der Waals surface area (Å²) in [6.07, 6.45) is 4.50. The Morgan fingerprint density at radius 3 is 2.46 bits per heavy atom. The Morgan fingerprint density at radius 1 is 1.07 bits per heavy atom. The van der Waals surface area contributed by atoms with Gasteiger partial charge in [0, 0.05) is 18.0 Å². The van der Waals surface area contributed by atoms with Gasteiger partial charge < -0.3 is 14.6 Å².